The fourth-order valence-electron chi connectivity index (χ4n) is 2.63. The van der Waals surface area contributed by atoms with Crippen LogP contribution in [0.1, 0.15) is 22.8 Å². The van der Waals surface area contributed by atoms with Crippen molar-refractivity contribution in [3.05, 3.63) is 83.9 Å². The Kier molecular flexibility index (Phi) is 5.80. The summed E-state index contributed by atoms with van der Waals surface area (Å²) >= 11 is 0. The molecular formula is C22H21NO4S. The van der Waals surface area contributed by atoms with Gasteiger partial charge in [-0.15, -0.1) is 0 Å². The number of hydrogen-bond acceptors (Lipinski definition) is 4. The van der Waals surface area contributed by atoms with Gasteiger partial charge in [-0.1, -0.05) is 36.8 Å². The zero-order valence-electron chi connectivity index (χ0n) is 15.7. The molecular weight excluding hydrogens is 374 g/mol. The van der Waals surface area contributed by atoms with Gasteiger partial charge < -0.3 is 10.1 Å². The first kappa shape index (κ1) is 19.6. The number of nitrogens with one attached hydrogen (secondary N) is 1. The number of anilines is 1. The minimum absolute atomic E-state index is 0.0364. The summed E-state index contributed by atoms with van der Waals surface area (Å²) in [5.74, 6) is 0.819. The zero-order chi connectivity index (χ0) is 20.1. The van der Waals surface area contributed by atoms with Gasteiger partial charge in [0, 0.05) is 5.69 Å². The van der Waals surface area contributed by atoms with Gasteiger partial charge in [-0.25, -0.2) is 8.42 Å². The Balaban J connectivity index is 1.74. The molecule has 144 valence electrons. The van der Waals surface area contributed by atoms with Crippen molar-refractivity contribution in [2.24, 2.45) is 0 Å². The average molecular weight is 395 g/mol. The highest BCUT2D eigenvalue weighted by Gasteiger charge is 2.20. The molecule has 0 aliphatic heterocycles. The van der Waals surface area contributed by atoms with Gasteiger partial charge in [0.2, 0.25) is 0 Å². The van der Waals surface area contributed by atoms with Crippen LogP contribution in [-0.4, -0.2) is 20.1 Å². The smallest absolute Gasteiger partial charge is 0.256 e. The quantitative estimate of drug-likeness (QED) is 0.649. The zero-order valence-corrected chi connectivity index (χ0v) is 16.5. The van der Waals surface area contributed by atoms with Crippen LogP contribution in [0.25, 0.3) is 0 Å². The van der Waals surface area contributed by atoms with Crippen LogP contribution in [0.3, 0.4) is 0 Å². The number of sulfone groups is 1. The third kappa shape index (κ3) is 4.58. The summed E-state index contributed by atoms with van der Waals surface area (Å²) < 4.78 is 30.2. The van der Waals surface area contributed by atoms with Crippen LogP contribution in [0, 0.1) is 6.92 Å². The number of ether oxygens (including phenoxy) is 1. The van der Waals surface area contributed by atoms with Crippen molar-refractivity contribution in [3.8, 4) is 11.5 Å². The first-order valence-corrected chi connectivity index (χ1v) is 10.5. The molecule has 1 N–H and O–H groups in total. The average Bonchev–Trinajstić information content (AvgIpc) is 2.71. The molecule has 3 aromatic rings. The molecule has 0 spiro atoms. The van der Waals surface area contributed by atoms with E-state index in [0.717, 1.165) is 11.3 Å². The minimum atomic E-state index is -3.49. The van der Waals surface area contributed by atoms with E-state index in [4.69, 9.17) is 4.74 Å². The lowest BCUT2D eigenvalue weighted by Gasteiger charge is -2.11. The molecule has 1 amide bonds. The topological polar surface area (TPSA) is 72.5 Å². The van der Waals surface area contributed by atoms with Crippen molar-refractivity contribution in [1.82, 2.24) is 0 Å². The second-order valence-corrected chi connectivity index (χ2v) is 8.54. The third-order valence-corrected chi connectivity index (χ3v) is 6.00. The lowest BCUT2D eigenvalue weighted by Crippen LogP contribution is -2.17. The number of amides is 1. The molecule has 5 nitrogen and oxygen atoms in total. The predicted octanol–water partition coefficient (Wildman–Crippen LogP) is 4.83. The molecule has 6 heteroatoms. The van der Waals surface area contributed by atoms with E-state index in [1.165, 1.54) is 12.1 Å². The molecule has 3 rings (SSSR count). The van der Waals surface area contributed by atoms with Crippen LogP contribution < -0.4 is 10.1 Å². The van der Waals surface area contributed by atoms with E-state index < -0.39 is 15.7 Å². The molecule has 0 bridgehead atoms. The summed E-state index contributed by atoms with van der Waals surface area (Å²) in [4.78, 5) is 12.6. The van der Waals surface area contributed by atoms with Crippen LogP contribution in [-0.2, 0) is 9.84 Å². The fraction of sp³-hybridized carbons (Fsp3) is 0.136. The van der Waals surface area contributed by atoms with Gasteiger partial charge >= 0.3 is 0 Å². The summed E-state index contributed by atoms with van der Waals surface area (Å²) in [5.41, 5.74) is 1.82. The van der Waals surface area contributed by atoms with Gasteiger partial charge in [0.25, 0.3) is 5.91 Å². The Morgan fingerprint density at radius 1 is 0.893 bits per heavy atom. The van der Waals surface area contributed by atoms with Crippen LogP contribution in [0.5, 0.6) is 11.5 Å². The number of aryl methyl sites for hydroxylation is 1. The maximum atomic E-state index is 12.6. The molecule has 0 aliphatic rings. The maximum absolute atomic E-state index is 12.6. The van der Waals surface area contributed by atoms with Crippen LogP contribution >= 0.6 is 0 Å². The maximum Gasteiger partial charge on any atom is 0.256 e. The second-order valence-electron chi connectivity index (χ2n) is 6.29. The van der Waals surface area contributed by atoms with Crippen molar-refractivity contribution in [3.63, 3.8) is 0 Å². The Hall–Kier alpha value is -3.12. The Morgan fingerprint density at radius 3 is 2.07 bits per heavy atom. The van der Waals surface area contributed by atoms with Gasteiger partial charge in [-0.3, -0.25) is 4.79 Å². The summed E-state index contributed by atoms with van der Waals surface area (Å²) in [6.45, 7) is 3.56. The Labute approximate surface area is 164 Å². The van der Waals surface area contributed by atoms with E-state index in [0.29, 0.717) is 11.4 Å². The van der Waals surface area contributed by atoms with E-state index in [1.807, 2.05) is 31.2 Å². The van der Waals surface area contributed by atoms with Crippen molar-refractivity contribution in [2.75, 3.05) is 11.1 Å². The highest BCUT2D eigenvalue weighted by Crippen LogP contribution is 2.24. The van der Waals surface area contributed by atoms with Gasteiger partial charge in [-0.05, 0) is 55.5 Å². The molecule has 3 aromatic carbocycles. The normalized spacial score (nSPS) is 11.1. The minimum Gasteiger partial charge on any atom is -0.457 e. The molecule has 0 saturated heterocycles. The van der Waals surface area contributed by atoms with E-state index in [-0.39, 0.29) is 16.2 Å². The lowest BCUT2D eigenvalue weighted by atomic mass is 10.2. The SMILES string of the molecule is CCS(=O)(=O)c1ccccc1C(=O)Nc1ccc(Oc2ccc(C)cc2)cc1. The molecule has 0 atom stereocenters. The van der Waals surface area contributed by atoms with E-state index in [9.17, 15) is 13.2 Å². The van der Waals surface area contributed by atoms with Gasteiger partial charge in [0.05, 0.1) is 16.2 Å². The standard InChI is InChI=1S/C22H21NO4S/c1-3-28(25,26)21-7-5-4-6-20(21)22(24)23-17-10-14-19(15-11-17)27-18-12-8-16(2)9-13-18/h4-15H,3H2,1-2H3,(H,23,24). The van der Waals surface area contributed by atoms with Gasteiger partial charge in [0.15, 0.2) is 9.84 Å². The van der Waals surface area contributed by atoms with Crippen molar-refractivity contribution in [1.29, 1.82) is 0 Å². The van der Waals surface area contributed by atoms with Gasteiger partial charge in [-0.2, -0.15) is 0 Å². The second kappa shape index (κ2) is 8.27. The van der Waals surface area contributed by atoms with Crippen LogP contribution in [0.4, 0.5) is 5.69 Å². The van der Waals surface area contributed by atoms with Crippen LogP contribution in [0.15, 0.2) is 77.7 Å². The number of carbonyl (C=O) groups excluding carboxylic acids is 1. The predicted molar refractivity (Wildman–Crippen MR) is 110 cm³/mol. The van der Waals surface area contributed by atoms with Crippen LogP contribution in [0.2, 0.25) is 0 Å². The largest absolute Gasteiger partial charge is 0.457 e. The van der Waals surface area contributed by atoms with Crippen molar-refractivity contribution < 1.29 is 17.9 Å². The van der Waals surface area contributed by atoms with E-state index >= 15 is 0 Å². The first-order chi connectivity index (χ1) is 13.4. The number of hydrogen-bond donors (Lipinski definition) is 1. The first-order valence-electron chi connectivity index (χ1n) is 8.87. The monoisotopic (exact) mass is 395 g/mol. The molecule has 0 radical (unpaired) electrons. The summed E-state index contributed by atoms with van der Waals surface area (Å²) in [6.07, 6.45) is 0. The van der Waals surface area contributed by atoms with Crippen molar-refractivity contribution in [2.45, 2.75) is 18.7 Å². The Morgan fingerprint density at radius 2 is 1.46 bits per heavy atom. The lowest BCUT2D eigenvalue weighted by molar-refractivity contribution is 0.102. The molecule has 28 heavy (non-hydrogen) atoms. The summed E-state index contributed by atoms with van der Waals surface area (Å²) in [7, 11) is -3.49. The number of benzene rings is 3. The Bertz CT molecular complexity index is 1070. The highest BCUT2D eigenvalue weighted by atomic mass is 32.2. The molecule has 0 aromatic heterocycles. The molecule has 0 saturated carbocycles. The molecule has 0 heterocycles. The summed E-state index contributed by atoms with van der Waals surface area (Å²) in [6, 6.07) is 20.8. The fourth-order valence-corrected chi connectivity index (χ4v) is 3.72. The molecule has 0 aliphatic carbocycles. The van der Waals surface area contributed by atoms with Gasteiger partial charge in [0.1, 0.15) is 11.5 Å². The van der Waals surface area contributed by atoms with E-state index in [2.05, 4.69) is 5.32 Å². The molecule has 0 unspecified atom stereocenters. The summed E-state index contributed by atoms with van der Waals surface area (Å²) in [5, 5.41) is 2.73. The number of carbonyl (C=O) groups is 1. The highest BCUT2D eigenvalue weighted by molar-refractivity contribution is 7.91. The van der Waals surface area contributed by atoms with E-state index in [1.54, 1.807) is 43.3 Å². The number of rotatable bonds is 6. The van der Waals surface area contributed by atoms with Crippen molar-refractivity contribution >= 4 is 21.4 Å². The third-order valence-electron chi connectivity index (χ3n) is 4.22. The molecule has 0 fully saturated rings.